The number of hydrogen-bond donors (Lipinski definition) is 1. The van der Waals surface area contributed by atoms with E-state index in [4.69, 9.17) is 9.15 Å². The Morgan fingerprint density at radius 1 is 1.16 bits per heavy atom. The molecule has 0 aliphatic carbocycles. The van der Waals surface area contributed by atoms with Gasteiger partial charge in [0.15, 0.2) is 0 Å². The van der Waals surface area contributed by atoms with Crippen LogP contribution in [0.15, 0.2) is 52.3 Å². The monoisotopic (exact) mass is 452 g/mol. The minimum Gasteiger partial charge on any atom is -0.466 e. The number of hydrogen-bond acceptors (Lipinski definition) is 6. The lowest BCUT2D eigenvalue weighted by molar-refractivity contribution is -0.144. The maximum absolute atomic E-state index is 12.6. The quantitative estimate of drug-likeness (QED) is 0.534. The van der Waals surface area contributed by atoms with Crippen molar-refractivity contribution in [2.45, 2.75) is 32.7 Å². The maximum Gasteiger partial charge on any atom is 0.306 e. The number of carbonyl (C=O) groups is 3. The predicted molar refractivity (Wildman–Crippen MR) is 121 cm³/mol. The number of furan rings is 1. The Morgan fingerprint density at radius 2 is 1.97 bits per heavy atom. The van der Waals surface area contributed by atoms with E-state index in [0.717, 1.165) is 27.5 Å². The van der Waals surface area contributed by atoms with E-state index in [1.807, 2.05) is 40.6 Å². The highest BCUT2D eigenvalue weighted by Crippen LogP contribution is 2.31. The lowest BCUT2D eigenvalue weighted by Gasteiger charge is -2.25. The van der Waals surface area contributed by atoms with Gasteiger partial charge in [-0.15, -0.1) is 11.3 Å². The van der Waals surface area contributed by atoms with Crippen LogP contribution in [-0.2, 0) is 27.3 Å². The molecule has 1 N–H and O–H groups in total. The van der Waals surface area contributed by atoms with Crippen LogP contribution in [0.1, 0.15) is 40.8 Å². The third-order valence-electron chi connectivity index (χ3n) is 5.20. The molecule has 0 saturated heterocycles. The average Bonchev–Trinajstić information content (AvgIpc) is 3.47. The van der Waals surface area contributed by atoms with E-state index >= 15 is 0 Å². The molecular weight excluding hydrogens is 428 g/mol. The first-order chi connectivity index (χ1) is 15.5. The Balaban J connectivity index is 1.37. The first-order valence-corrected chi connectivity index (χ1v) is 11.4. The van der Waals surface area contributed by atoms with Gasteiger partial charge in [-0.2, -0.15) is 0 Å². The number of rotatable bonds is 7. The third-order valence-corrected chi connectivity index (χ3v) is 6.06. The number of benzene rings is 1. The van der Waals surface area contributed by atoms with Crippen molar-refractivity contribution < 1.29 is 23.5 Å². The first kappa shape index (κ1) is 21.8. The van der Waals surface area contributed by atoms with Crippen molar-refractivity contribution in [2.75, 3.05) is 18.5 Å². The van der Waals surface area contributed by atoms with Crippen LogP contribution in [0.3, 0.4) is 0 Å². The normalized spacial score (nSPS) is 12.8. The van der Waals surface area contributed by atoms with Crippen LogP contribution in [0.25, 0.3) is 11.3 Å². The molecule has 166 valence electrons. The van der Waals surface area contributed by atoms with Gasteiger partial charge in [0, 0.05) is 42.7 Å². The van der Waals surface area contributed by atoms with Crippen molar-refractivity contribution in [1.82, 2.24) is 4.90 Å². The van der Waals surface area contributed by atoms with E-state index in [1.54, 1.807) is 19.1 Å². The van der Waals surface area contributed by atoms with Gasteiger partial charge >= 0.3 is 5.97 Å². The second-order valence-corrected chi connectivity index (χ2v) is 8.39. The second-order valence-electron chi connectivity index (χ2n) is 7.44. The van der Waals surface area contributed by atoms with E-state index in [1.165, 1.54) is 11.3 Å². The Kier molecular flexibility index (Phi) is 6.70. The molecule has 2 aromatic heterocycles. The summed E-state index contributed by atoms with van der Waals surface area (Å²) in [5, 5.41) is 4.69. The predicted octanol–water partition coefficient (Wildman–Crippen LogP) is 4.49. The number of nitrogens with zero attached hydrogens (tertiary/aromatic N) is 1. The van der Waals surface area contributed by atoms with Crippen molar-refractivity contribution in [2.24, 2.45) is 0 Å². The fourth-order valence-corrected chi connectivity index (χ4v) is 4.29. The molecule has 0 bridgehead atoms. The van der Waals surface area contributed by atoms with Crippen molar-refractivity contribution in [3.05, 3.63) is 64.0 Å². The Hall–Kier alpha value is -3.39. The Morgan fingerprint density at radius 3 is 2.69 bits per heavy atom. The van der Waals surface area contributed by atoms with Crippen LogP contribution in [0, 0.1) is 0 Å². The molecule has 32 heavy (non-hydrogen) atoms. The van der Waals surface area contributed by atoms with Gasteiger partial charge in [0.2, 0.25) is 5.91 Å². The number of esters is 1. The minimum absolute atomic E-state index is 0.0523. The van der Waals surface area contributed by atoms with Gasteiger partial charge in [0.25, 0.3) is 5.91 Å². The van der Waals surface area contributed by atoms with Crippen molar-refractivity contribution >= 4 is 34.8 Å². The van der Waals surface area contributed by atoms with Crippen LogP contribution in [0.5, 0.6) is 0 Å². The highest BCUT2D eigenvalue weighted by atomic mass is 32.1. The van der Waals surface area contributed by atoms with Gasteiger partial charge in [0.05, 0.1) is 17.9 Å². The Bertz CT molecular complexity index is 1100. The highest BCUT2D eigenvalue weighted by Gasteiger charge is 2.25. The molecule has 1 aliphatic rings. The van der Waals surface area contributed by atoms with Gasteiger partial charge < -0.3 is 19.4 Å². The molecular formula is C24H24N2O5S. The molecule has 1 aromatic carbocycles. The number of anilines is 1. The standard InChI is InChI=1S/C24H24N2O5S/c1-2-30-23(28)10-9-22(27)25-18-7-5-16(6-8-18)20-14-17-15-26(12-11-19(17)31-20)24(29)21-4-3-13-32-21/h3-8,13-14H,2,9-12,15H2,1H3,(H,25,27). The molecule has 4 rings (SSSR count). The van der Waals surface area contributed by atoms with Gasteiger partial charge in [-0.3, -0.25) is 14.4 Å². The topological polar surface area (TPSA) is 88.8 Å². The largest absolute Gasteiger partial charge is 0.466 e. The van der Waals surface area contributed by atoms with Crippen molar-refractivity contribution in [3.63, 3.8) is 0 Å². The molecule has 7 nitrogen and oxygen atoms in total. The number of ether oxygens (including phenoxy) is 1. The SMILES string of the molecule is CCOC(=O)CCC(=O)Nc1ccc(-c2cc3c(o2)CCN(C(=O)c2cccs2)C3)cc1. The summed E-state index contributed by atoms with van der Waals surface area (Å²) >= 11 is 1.45. The fraction of sp³-hybridized carbons (Fsp3) is 0.292. The van der Waals surface area contributed by atoms with E-state index in [-0.39, 0.29) is 30.6 Å². The molecule has 0 spiro atoms. The van der Waals surface area contributed by atoms with Crippen LogP contribution in [-0.4, -0.2) is 35.8 Å². The van der Waals surface area contributed by atoms with E-state index in [9.17, 15) is 14.4 Å². The number of carbonyl (C=O) groups excluding carboxylic acids is 3. The average molecular weight is 453 g/mol. The van der Waals surface area contributed by atoms with Crippen LogP contribution >= 0.6 is 11.3 Å². The molecule has 3 aromatic rings. The van der Waals surface area contributed by atoms with Crippen LogP contribution in [0.2, 0.25) is 0 Å². The number of fused-ring (bicyclic) bond motifs is 1. The molecule has 0 atom stereocenters. The summed E-state index contributed by atoms with van der Waals surface area (Å²) in [5.74, 6) is 1.08. The summed E-state index contributed by atoms with van der Waals surface area (Å²) < 4.78 is 10.9. The second kappa shape index (κ2) is 9.82. The molecule has 0 radical (unpaired) electrons. The van der Waals surface area contributed by atoms with Gasteiger partial charge in [-0.25, -0.2) is 0 Å². The fourth-order valence-electron chi connectivity index (χ4n) is 3.59. The van der Waals surface area contributed by atoms with Gasteiger partial charge in [-0.05, 0) is 48.7 Å². The summed E-state index contributed by atoms with van der Waals surface area (Å²) in [6.45, 7) is 3.20. The molecule has 1 aliphatic heterocycles. The molecule has 8 heteroatoms. The lowest BCUT2D eigenvalue weighted by Crippen LogP contribution is -2.35. The van der Waals surface area contributed by atoms with Crippen molar-refractivity contribution in [3.8, 4) is 11.3 Å². The summed E-state index contributed by atoms with van der Waals surface area (Å²) in [5.41, 5.74) is 2.55. The maximum atomic E-state index is 12.6. The summed E-state index contributed by atoms with van der Waals surface area (Å²) in [6, 6.07) is 13.1. The Labute approximate surface area is 190 Å². The zero-order valence-electron chi connectivity index (χ0n) is 17.8. The van der Waals surface area contributed by atoms with Crippen molar-refractivity contribution in [1.29, 1.82) is 0 Å². The van der Waals surface area contributed by atoms with E-state index in [2.05, 4.69) is 5.32 Å². The van der Waals surface area contributed by atoms with E-state index < -0.39 is 0 Å². The number of nitrogens with one attached hydrogen (secondary N) is 1. The zero-order valence-corrected chi connectivity index (χ0v) is 18.6. The van der Waals surface area contributed by atoms with Crippen LogP contribution < -0.4 is 5.32 Å². The third kappa shape index (κ3) is 5.08. The van der Waals surface area contributed by atoms with Crippen LogP contribution in [0.4, 0.5) is 5.69 Å². The molecule has 0 unspecified atom stereocenters. The summed E-state index contributed by atoms with van der Waals surface area (Å²) in [4.78, 5) is 38.6. The highest BCUT2D eigenvalue weighted by molar-refractivity contribution is 7.12. The molecule has 2 amide bonds. The minimum atomic E-state index is -0.379. The number of thiophene rings is 1. The zero-order chi connectivity index (χ0) is 22.5. The van der Waals surface area contributed by atoms with Gasteiger partial charge in [0.1, 0.15) is 11.5 Å². The molecule has 0 saturated carbocycles. The first-order valence-electron chi connectivity index (χ1n) is 10.5. The van der Waals surface area contributed by atoms with Gasteiger partial charge in [-0.1, -0.05) is 6.07 Å². The molecule has 0 fully saturated rings. The smallest absolute Gasteiger partial charge is 0.306 e. The summed E-state index contributed by atoms with van der Waals surface area (Å²) in [7, 11) is 0. The molecule has 3 heterocycles. The lowest BCUT2D eigenvalue weighted by atomic mass is 10.1. The van der Waals surface area contributed by atoms with E-state index in [0.29, 0.717) is 31.8 Å². The number of amides is 2. The summed E-state index contributed by atoms with van der Waals surface area (Å²) in [6.07, 6.45) is 0.814.